The zero-order chi connectivity index (χ0) is 15.8. The lowest BCUT2D eigenvalue weighted by Crippen LogP contribution is -1.86. The summed E-state index contributed by atoms with van der Waals surface area (Å²) in [5.74, 6) is -0.843. The van der Waals surface area contributed by atoms with Gasteiger partial charge in [0.25, 0.3) is 0 Å². The molecule has 0 aliphatic carbocycles. The Bertz CT molecular complexity index is 292. The predicted octanol–water partition coefficient (Wildman–Crippen LogP) is 6.27. The molecule has 122 valence electrons. The Morgan fingerprint density at radius 2 is 1.43 bits per heavy atom. The van der Waals surface area contributed by atoms with E-state index in [9.17, 15) is 4.79 Å². The molecule has 0 rings (SSSR count). The average molecular weight is 294 g/mol. The third-order valence-corrected chi connectivity index (χ3v) is 3.80. The predicted molar refractivity (Wildman–Crippen MR) is 91.6 cm³/mol. The van der Waals surface area contributed by atoms with Gasteiger partial charge in [-0.2, -0.15) is 0 Å². The van der Waals surface area contributed by atoms with Gasteiger partial charge < -0.3 is 5.11 Å². The fraction of sp³-hybridized carbons (Fsp3) is 0.737. The standard InChI is InChI=1S/C19H34O2/c1-3-4-5-12-15-18(2)16-13-10-8-6-7-9-11-14-17-19(20)21/h14,17H,2-13,15-16H2,1H3,(H,20,21)/b17-14-. The van der Waals surface area contributed by atoms with Crippen molar-refractivity contribution < 1.29 is 9.90 Å². The molecular weight excluding hydrogens is 260 g/mol. The molecule has 0 atom stereocenters. The van der Waals surface area contributed by atoms with Gasteiger partial charge >= 0.3 is 5.97 Å². The third-order valence-electron chi connectivity index (χ3n) is 3.80. The Kier molecular flexibility index (Phi) is 14.6. The largest absolute Gasteiger partial charge is 0.478 e. The molecule has 0 aliphatic heterocycles. The van der Waals surface area contributed by atoms with Crippen LogP contribution in [-0.4, -0.2) is 11.1 Å². The van der Waals surface area contributed by atoms with Gasteiger partial charge in [-0.25, -0.2) is 4.79 Å². The minimum atomic E-state index is -0.843. The van der Waals surface area contributed by atoms with Crippen LogP contribution in [0.25, 0.3) is 0 Å². The SMILES string of the molecule is C=C(CCCCCC)CCCCCCCC/C=C\C(=O)O. The molecule has 0 saturated carbocycles. The molecule has 0 unspecified atom stereocenters. The summed E-state index contributed by atoms with van der Waals surface area (Å²) in [7, 11) is 0. The van der Waals surface area contributed by atoms with Gasteiger partial charge in [-0.05, 0) is 38.5 Å². The minimum absolute atomic E-state index is 0.843. The molecule has 21 heavy (non-hydrogen) atoms. The zero-order valence-electron chi connectivity index (χ0n) is 13.9. The number of carbonyl (C=O) groups is 1. The number of hydrogen-bond acceptors (Lipinski definition) is 1. The van der Waals surface area contributed by atoms with Crippen molar-refractivity contribution >= 4 is 5.97 Å². The fourth-order valence-corrected chi connectivity index (χ4v) is 2.46. The van der Waals surface area contributed by atoms with Crippen molar-refractivity contribution in [1.29, 1.82) is 0 Å². The number of rotatable bonds is 15. The number of allylic oxidation sites excluding steroid dienone is 2. The summed E-state index contributed by atoms with van der Waals surface area (Å²) in [6.07, 6.45) is 19.1. The molecule has 0 fully saturated rings. The highest BCUT2D eigenvalue weighted by Gasteiger charge is 1.96. The van der Waals surface area contributed by atoms with E-state index in [2.05, 4.69) is 13.5 Å². The maximum absolute atomic E-state index is 10.3. The molecule has 2 heteroatoms. The van der Waals surface area contributed by atoms with E-state index < -0.39 is 5.97 Å². The molecule has 0 spiro atoms. The first kappa shape index (κ1) is 19.9. The van der Waals surface area contributed by atoms with Crippen LogP contribution < -0.4 is 0 Å². The van der Waals surface area contributed by atoms with Gasteiger partial charge in [0, 0.05) is 6.08 Å². The Balaban J connectivity index is 3.21. The van der Waals surface area contributed by atoms with E-state index in [0.29, 0.717) is 0 Å². The lowest BCUT2D eigenvalue weighted by atomic mass is 10.0. The van der Waals surface area contributed by atoms with Crippen LogP contribution in [0.2, 0.25) is 0 Å². The zero-order valence-corrected chi connectivity index (χ0v) is 13.9. The Morgan fingerprint density at radius 3 is 2.00 bits per heavy atom. The Morgan fingerprint density at radius 1 is 0.905 bits per heavy atom. The maximum atomic E-state index is 10.3. The van der Waals surface area contributed by atoms with Gasteiger partial charge in [-0.1, -0.05) is 70.1 Å². The van der Waals surface area contributed by atoms with Crippen molar-refractivity contribution in [3.63, 3.8) is 0 Å². The van der Waals surface area contributed by atoms with Crippen LogP contribution in [-0.2, 0) is 4.79 Å². The maximum Gasteiger partial charge on any atom is 0.327 e. The molecule has 0 aromatic rings. The quantitative estimate of drug-likeness (QED) is 0.219. The van der Waals surface area contributed by atoms with Crippen LogP contribution in [0.4, 0.5) is 0 Å². The van der Waals surface area contributed by atoms with Crippen molar-refractivity contribution in [2.24, 2.45) is 0 Å². The number of unbranched alkanes of at least 4 members (excludes halogenated alkanes) is 9. The highest BCUT2D eigenvalue weighted by molar-refractivity contribution is 5.79. The van der Waals surface area contributed by atoms with Gasteiger partial charge in [-0.3, -0.25) is 0 Å². The monoisotopic (exact) mass is 294 g/mol. The van der Waals surface area contributed by atoms with E-state index in [1.807, 2.05) is 0 Å². The van der Waals surface area contributed by atoms with Gasteiger partial charge in [0.1, 0.15) is 0 Å². The second kappa shape index (κ2) is 15.3. The van der Waals surface area contributed by atoms with E-state index in [-0.39, 0.29) is 0 Å². The molecule has 0 radical (unpaired) electrons. The molecule has 0 aromatic carbocycles. The van der Waals surface area contributed by atoms with Gasteiger partial charge in [0.15, 0.2) is 0 Å². The Hall–Kier alpha value is -1.05. The molecule has 0 amide bonds. The molecule has 0 saturated heterocycles. The normalized spacial score (nSPS) is 11.1. The molecule has 0 bridgehead atoms. The van der Waals surface area contributed by atoms with Crippen molar-refractivity contribution in [1.82, 2.24) is 0 Å². The van der Waals surface area contributed by atoms with Crippen molar-refractivity contribution in [3.8, 4) is 0 Å². The van der Waals surface area contributed by atoms with E-state index in [1.165, 1.54) is 82.3 Å². The summed E-state index contributed by atoms with van der Waals surface area (Å²) in [5.41, 5.74) is 1.44. The lowest BCUT2D eigenvalue weighted by molar-refractivity contribution is -0.131. The first-order valence-electron chi connectivity index (χ1n) is 8.73. The molecule has 0 aliphatic rings. The highest BCUT2D eigenvalue weighted by Crippen LogP contribution is 2.16. The second-order valence-corrected chi connectivity index (χ2v) is 5.96. The molecule has 0 aromatic heterocycles. The first-order chi connectivity index (χ1) is 10.2. The molecule has 1 N–H and O–H groups in total. The summed E-state index contributed by atoms with van der Waals surface area (Å²) in [6, 6.07) is 0. The van der Waals surface area contributed by atoms with Gasteiger partial charge in [-0.15, -0.1) is 0 Å². The number of aliphatic carboxylic acids is 1. The smallest absolute Gasteiger partial charge is 0.327 e. The summed E-state index contributed by atoms with van der Waals surface area (Å²) < 4.78 is 0. The van der Waals surface area contributed by atoms with Crippen LogP contribution in [0, 0.1) is 0 Å². The van der Waals surface area contributed by atoms with Crippen LogP contribution in [0.5, 0.6) is 0 Å². The van der Waals surface area contributed by atoms with Crippen LogP contribution in [0.15, 0.2) is 24.3 Å². The lowest BCUT2D eigenvalue weighted by Gasteiger charge is -2.05. The van der Waals surface area contributed by atoms with E-state index in [1.54, 1.807) is 6.08 Å². The van der Waals surface area contributed by atoms with E-state index in [4.69, 9.17) is 5.11 Å². The first-order valence-corrected chi connectivity index (χ1v) is 8.73. The number of carboxylic acids is 1. The summed E-state index contributed by atoms with van der Waals surface area (Å²) in [4.78, 5) is 10.3. The fourth-order valence-electron chi connectivity index (χ4n) is 2.46. The van der Waals surface area contributed by atoms with Crippen molar-refractivity contribution in [3.05, 3.63) is 24.3 Å². The molecular formula is C19H34O2. The van der Waals surface area contributed by atoms with Crippen molar-refractivity contribution in [2.45, 2.75) is 90.4 Å². The topological polar surface area (TPSA) is 37.3 Å². The minimum Gasteiger partial charge on any atom is -0.478 e. The number of hydrogen-bond donors (Lipinski definition) is 1. The molecule has 2 nitrogen and oxygen atoms in total. The summed E-state index contributed by atoms with van der Waals surface area (Å²) in [5, 5.41) is 8.44. The van der Waals surface area contributed by atoms with Crippen LogP contribution >= 0.6 is 0 Å². The third kappa shape index (κ3) is 16.9. The summed E-state index contributed by atoms with van der Waals surface area (Å²) >= 11 is 0. The second-order valence-electron chi connectivity index (χ2n) is 5.96. The average Bonchev–Trinajstić information content (AvgIpc) is 2.45. The van der Waals surface area contributed by atoms with Crippen LogP contribution in [0.3, 0.4) is 0 Å². The number of carboxylic acid groups (broad SMARTS) is 1. The summed E-state index contributed by atoms with van der Waals surface area (Å²) in [6.45, 7) is 6.43. The highest BCUT2D eigenvalue weighted by atomic mass is 16.4. The van der Waals surface area contributed by atoms with E-state index in [0.717, 1.165) is 12.8 Å². The molecule has 0 heterocycles. The van der Waals surface area contributed by atoms with Crippen LogP contribution in [0.1, 0.15) is 90.4 Å². The van der Waals surface area contributed by atoms with Crippen molar-refractivity contribution in [2.75, 3.05) is 0 Å². The van der Waals surface area contributed by atoms with Gasteiger partial charge in [0.05, 0.1) is 0 Å². The van der Waals surface area contributed by atoms with E-state index >= 15 is 0 Å². The van der Waals surface area contributed by atoms with Gasteiger partial charge in [0.2, 0.25) is 0 Å². The Labute approximate surface area is 131 Å².